The van der Waals surface area contributed by atoms with Crippen molar-refractivity contribution >= 4 is 29.2 Å². The van der Waals surface area contributed by atoms with Crippen LogP contribution in [-0.4, -0.2) is 18.5 Å². The lowest BCUT2D eigenvalue weighted by atomic mass is 9.86. The molecule has 2 fully saturated rings. The van der Waals surface area contributed by atoms with E-state index >= 15 is 0 Å². The number of benzene rings is 1. The van der Waals surface area contributed by atoms with Gasteiger partial charge in [-0.25, -0.2) is 4.39 Å². The second-order valence-corrected chi connectivity index (χ2v) is 6.88. The van der Waals surface area contributed by atoms with Gasteiger partial charge in [0.15, 0.2) is 6.61 Å². The minimum atomic E-state index is -0.486. The number of halogens is 2. The molecule has 2 saturated carbocycles. The molecule has 4 nitrogen and oxygen atoms in total. The zero-order chi connectivity index (χ0) is 16.4. The molecule has 2 aliphatic rings. The van der Waals surface area contributed by atoms with Gasteiger partial charge in [-0.3, -0.25) is 9.59 Å². The van der Waals surface area contributed by atoms with E-state index < -0.39 is 11.7 Å². The van der Waals surface area contributed by atoms with Crippen LogP contribution in [0, 0.1) is 23.6 Å². The fraction of sp³-hybridized carbons (Fsp3) is 0.529. The Balaban J connectivity index is 1.42. The zero-order valence-corrected chi connectivity index (χ0v) is 13.4. The smallest absolute Gasteiger partial charge is 0.306 e. The summed E-state index contributed by atoms with van der Waals surface area (Å²) in [7, 11) is 0. The molecule has 0 heterocycles. The third-order valence-electron chi connectivity index (χ3n) is 4.88. The molecule has 3 rings (SSSR count). The van der Waals surface area contributed by atoms with Crippen LogP contribution in [0.15, 0.2) is 18.2 Å². The van der Waals surface area contributed by atoms with Gasteiger partial charge in [0.05, 0.1) is 10.7 Å². The van der Waals surface area contributed by atoms with Crippen LogP contribution < -0.4 is 5.32 Å². The fourth-order valence-electron chi connectivity index (χ4n) is 3.82. The molecule has 1 amide bonds. The Hall–Kier alpha value is -1.62. The predicted molar refractivity (Wildman–Crippen MR) is 84.6 cm³/mol. The van der Waals surface area contributed by atoms with E-state index in [4.69, 9.17) is 16.3 Å². The van der Waals surface area contributed by atoms with Crippen LogP contribution in [0.25, 0.3) is 0 Å². The van der Waals surface area contributed by atoms with E-state index in [9.17, 15) is 14.0 Å². The number of carbonyl (C=O) groups is 2. The van der Waals surface area contributed by atoms with Crippen LogP contribution in [0.2, 0.25) is 5.02 Å². The number of rotatable bonds is 5. The van der Waals surface area contributed by atoms with Gasteiger partial charge in [0.25, 0.3) is 5.91 Å². The van der Waals surface area contributed by atoms with Gasteiger partial charge in [-0.2, -0.15) is 0 Å². The van der Waals surface area contributed by atoms with E-state index in [0.717, 1.165) is 18.4 Å². The summed E-state index contributed by atoms with van der Waals surface area (Å²) in [6.07, 6.45) is 5.24. The highest BCUT2D eigenvalue weighted by Crippen LogP contribution is 2.49. The van der Waals surface area contributed by atoms with Gasteiger partial charge in [0.1, 0.15) is 5.82 Å². The molecular formula is C17H19ClFNO3. The molecule has 2 bridgehead atoms. The normalized spacial score (nSPS) is 25.4. The van der Waals surface area contributed by atoms with Crippen molar-refractivity contribution in [2.45, 2.75) is 32.1 Å². The molecular weight excluding hydrogens is 321 g/mol. The topological polar surface area (TPSA) is 55.4 Å². The Bertz CT molecular complexity index is 622. The fourth-order valence-corrected chi connectivity index (χ4v) is 4.04. The summed E-state index contributed by atoms with van der Waals surface area (Å²) < 4.78 is 18.0. The first-order chi connectivity index (χ1) is 11.0. The van der Waals surface area contributed by atoms with Gasteiger partial charge in [0.2, 0.25) is 0 Å². The number of carbonyl (C=O) groups excluding carboxylic acids is 2. The molecule has 0 spiro atoms. The molecule has 1 aromatic rings. The number of fused-ring (bicyclic) bond motifs is 2. The van der Waals surface area contributed by atoms with Crippen molar-refractivity contribution in [1.29, 1.82) is 0 Å². The van der Waals surface area contributed by atoms with Gasteiger partial charge in [-0.05, 0) is 55.2 Å². The summed E-state index contributed by atoms with van der Waals surface area (Å²) in [4.78, 5) is 23.6. The number of hydrogen-bond acceptors (Lipinski definition) is 3. The lowest BCUT2D eigenvalue weighted by Gasteiger charge is -2.20. The van der Waals surface area contributed by atoms with Crippen LogP contribution in [0.4, 0.5) is 10.1 Å². The van der Waals surface area contributed by atoms with Crippen molar-refractivity contribution in [2.24, 2.45) is 17.8 Å². The van der Waals surface area contributed by atoms with E-state index in [1.54, 1.807) is 0 Å². The lowest BCUT2D eigenvalue weighted by Crippen LogP contribution is -2.23. The summed E-state index contributed by atoms with van der Waals surface area (Å²) in [5.41, 5.74) is 0.294. The number of ether oxygens (including phenoxy) is 1. The minimum absolute atomic E-state index is 0.103. The molecule has 0 aromatic heterocycles. The quantitative estimate of drug-likeness (QED) is 0.830. The average molecular weight is 340 g/mol. The maximum atomic E-state index is 12.9. The highest BCUT2D eigenvalue weighted by Gasteiger charge is 2.40. The molecule has 2 aliphatic carbocycles. The number of amides is 1. The van der Waals surface area contributed by atoms with Crippen molar-refractivity contribution < 1.29 is 18.7 Å². The molecule has 0 unspecified atom stereocenters. The highest BCUT2D eigenvalue weighted by molar-refractivity contribution is 6.33. The van der Waals surface area contributed by atoms with Gasteiger partial charge in [-0.1, -0.05) is 18.0 Å². The Labute approximate surface area is 139 Å². The van der Waals surface area contributed by atoms with Crippen molar-refractivity contribution in [1.82, 2.24) is 0 Å². The first kappa shape index (κ1) is 16.2. The van der Waals surface area contributed by atoms with E-state index in [1.165, 1.54) is 31.4 Å². The number of nitrogens with one attached hydrogen (secondary N) is 1. The first-order valence-corrected chi connectivity index (χ1v) is 8.29. The van der Waals surface area contributed by atoms with Crippen molar-refractivity contribution in [3.63, 3.8) is 0 Å². The van der Waals surface area contributed by atoms with Crippen molar-refractivity contribution in [3.8, 4) is 0 Å². The van der Waals surface area contributed by atoms with Gasteiger partial charge < -0.3 is 10.1 Å². The van der Waals surface area contributed by atoms with Gasteiger partial charge in [0, 0.05) is 6.42 Å². The maximum Gasteiger partial charge on any atom is 0.306 e. The SMILES string of the molecule is O=C(COC(=O)C[C@@H]1C[C@@H]2CC[C@@H]1C2)Nc1ccc(F)cc1Cl. The molecule has 0 aliphatic heterocycles. The number of esters is 1. The monoisotopic (exact) mass is 339 g/mol. The zero-order valence-electron chi connectivity index (χ0n) is 12.7. The Kier molecular flexibility index (Phi) is 4.85. The van der Waals surface area contributed by atoms with Gasteiger partial charge in [-0.15, -0.1) is 0 Å². The van der Waals surface area contributed by atoms with Crippen LogP contribution in [0.5, 0.6) is 0 Å². The van der Waals surface area contributed by atoms with E-state index in [0.29, 0.717) is 23.9 Å². The summed E-state index contributed by atoms with van der Waals surface area (Å²) in [5, 5.41) is 2.60. The van der Waals surface area contributed by atoms with Crippen LogP contribution in [0.1, 0.15) is 32.1 Å². The molecule has 1 N–H and O–H groups in total. The highest BCUT2D eigenvalue weighted by atomic mass is 35.5. The van der Waals surface area contributed by atoms with Crippen LogP contribution in [-0.2, 0) is 14.3 Å². The Morgan fingerprint density at radius 1 is 1.30 bits per heavy atom. The second kappa shape index (κ2) is 6.87. The van der Waals surface area contributed by atoms with Crippen molar-refractivity contribution in [2.75, 3.05) is 11.9 Å². The third kappa shape index (κ3) is 4.02. The first-order valence-electron chi connectivity index (χ1n) is 7.92. The summed E-state index contributed by atoms with van der Waals surface area (Å²) in [6.45, 7) is -0.354. The van der Waals surface area contributed by atoms with Crippen LogP contribution in [0.3, 0.4) is 0 Å². The van der Waals surface area contributed by atoms with Gasteiger partial charge >= 0.3 is 5.97 Å². The molecule has 124 valence electrons. The average Bonchev–Trinajstić information content (AvgIpc) is 3.11. The Morgan fingerprint density at radius 3 is 2.78 bits per heavy atom. The van der Waals surface area contributed by atoms with Crippen LogP contribution >= 0.6 is 11.6 Å². The maximum absolute atomic E-state index is 12.9. The second-order valence-electron chi connectivity index (χ2n) is 6.47. The van der Waals surface area contributed by atoms with E-state index in [2.05, 4.69) is 5.32 Å². The number of anilines is 1. The van der Waals surface area contributed by atoms with E-state index in [1.807, 2.05) is 0 Å². The standard InChI is InChI=1S/C17H19ClFNO3/c18-14-8-13(19)3-4-15(14)20-16(21)9-23-17(22)7-12-6-10-1-2-11(12)5-10/h3-4,8,10-12H,1-2,5-7,9H2,(H,20,21)/t10-,11-,12+/m1/s1. The lowest BCUT2D eigenvalue weighted by molar-refractivity contribution is -0.148. The molecule has 6 heteroatoms. The molecule has 0 radical (unpaired) electrons. The summed E-state index contributed by atoms with van der Waals surface area (Å²) in [6, 6.07) is 3.67. The third-order valence-corrected chi connectivity index (χ3v) is 5.20. The summed E-state index contributed by atoms with van der Waals surface area (Å²) in [5.74, 6) is 0.546. The minimum Gasteiger partial charge on any atom is -0.456 e. The number of hydrogen-bond donors (Lipinski definition) is 1. The molecule has 1 aromatic carbocycles. The molecule has 23 heavy (non-hydrogen) atoms. The van der Waals surface area contributed by atoms with Crippen molar-refractivity contribution in [3.05, 3.63) is 29.0 Å². The molecule has 0 saturated heterocycles. The van der Waals surface area contributed by atoms with E-state index in [-0.39, 0.29) is 17.6 Å². The largest absolute Gasteiger partial charge is 0.456 e. The molecule has 3 atom stereocenters. The predicted octanol–water partition coefficient (Wildman–Crippen LogP) is 3.79. The summed E-state index contributed by atoms with van der Waals surface area (Å²) >= 11 is 5.82. The Morgan fingerprint density at radius 2 is 2.13 bits per heavy atom.